The molecule has 8 nitrogen and oxygen atoms in total. The molecule has 1 unspecified atom stereocenters. The zero-order valence-electron chi connectivity index (χ0n) is 15.4. The van der Waals surface area contributed by atoms with E-state index in [1.807, 2.05) is 13.8 Å². The molecule has 0 aromatic carbocycles. The van der Waals surface area contributed by atoms with Crippen LogP contribution in [0.3, 0.4) is 0 Å². The second-order valence-electron chi connectivity index (χ2n) is 5.51. The fraction of sp³-hybridized carbons (Fsp3) is 0.875. The molecule has 0 saturated heterocycles. The Morgan fingerprint density at radius 2 is 1.32 bits per heavy atom. The highest BCUT2D eigenvalue weighted by atomic mass is 32.1. The van der Waals surface area contributed by atoms with Gasteiger partial charge in [-0.15, -0.1) is 0 Å². The van der Waals surface area contributed by atoms with Crippen LogP contribution >= 0.6 is 12.6 Å². The van der Waals surface area contributed by atoms with Crippen molar-refractivity contribution in [3.05, 3.63) is 0 Å². The lowest BCUT2D eigenvalue weighted by Crippen LogP contribution is -2.32. The normalized spacial score (nSPS) is 12.2. The average molecular weight is 381 g/mol. The fourth-order valence-electron chi connectivity index (χ4n) is 1.49. The summed E-state index contributed by atoms with van der Waals surface area (Å²) in [6.45, 7) is 9.14. The number of ether oxygens (including phenoxy) is 4. The molecule has 0 spiro atoms. The van der Waals surface area contributed by atoms with Gasteiger partial charge in [-0.2, -0.15) is 12.6 Å². The molecule has 0 aliphatic rings. The van der Waals surface area contributed by atoms with Gasteiger partial charge in [0.2, 0.25) is 11.8 Å². The minimum atomic E-state index is -0.315. The summed E-state index contributed by atoms with van der Waals surface area (Å²) in [4.78, 5) is 22.6. The van der Waals surface area contributed by atoms with Crippen molar-refractivity contribution in [2.24, 2.45) is 0 Å². The van der Waals surface area contributed by atoms with Gasteiger partial charge < -0.3 is 29.6 Å². The minimum absolute atomic E-state index is 0.0404. The van der Waals surface area contributed by atoms with E-state index >= 15 is 0 Å². The van der Waals surface area contributed by atoms with Gasteiger partial charge in [0.05, 0.1) is 51.0 Å². The summed E-state index contributed by atoms with van der Waals surface area (Å²) in [6, 6.07) is 0. The summed E-state index contributed by atoms with van der Waals surface area (Å²) < 4.78 is 21.1. The first-order valence-corrected chi connectivity index (χ1v) is 9.02. The van der Waals surface area contributed by atoms with E-state index < -0.39 is 0 Å². The maximum Gasteiger partial charge on any atom is 0.246 e. The number of carbonyl (C=O) groups excluding carboxylic acids is 2. The van der Waals surface area contributed by atoms with Crippen LogP contribution in [-0.2, 0) is 28.5 Å². The Hall–Kier alpha value is -0.870. The number of amides is 2. The Balaban J connectivity index is 3.19. The van der Waals surface area contributed by atoms with Gasteiger partial charge in [-0.3, -0.25) is 9.59 Å². The van der Waals surface area contributed by atoms with Crippen LogP contribution in [0.4, 0.5) is 0 Å². The molecule has 1 atom stereocenters. The topological polar surface area (TPSA) is 95.1 Å². The van der Waals surface area contributed by atoms with Crippen molar-refractivity contribution in [3.63, 3.8) is 0 Å². The summed E-state index contributed by atoms with van der Waals surface area (Å²) >= 11 is 4.02. The highest BCUT2D eigenvalue weighted by Crippen LogP contribution is 1.90. The minimum Gasteiger partial charge on any atom is -0.377 e. The summed E-state index contributed by atoms with van der Waals surface area (Å²) in [5.74, 6) is -0.255. The molecule has 2 N–H and O–H groups in total. The molecule has 0 heterocycles. The van der Waals surface area contributed by atoms with Crippen molar-refractivity contribution in [2.75, 3.05) is 59.3 Å². The van der Waals surface area contributed by atoms with Gasteiger partial charge in [0.15, 0.2) is 0 Å². The zero-order valence-corrected chi connectivity index (χ0v) is 16.3. The maximum absolute atomic E-state index is 11.3. The van der Waals surface area contributed by atoms with Gasteiger partial charge >= 0.3 is 0 Å². The third kappa shape index (κ3) is 17.7. The van der Waals surface area contributed by atoms with E-state index in [0.29, 0.717) is 52.7 Å². The number of hydrogen-bond acceptors (Lipinski definition) is 7. The first-order valence-electron chi connectivity index (χ1n) is 8.50. The molecule has 0 aromatic heterocycles. The van der Waals surface area contributed by atoms with E-state index in [4.69, 9.17) is 18.9 Å². The number of carbonyl (C=O) groups is 2. The standard InChI is InChI=1S/C16H32N2O6S/c1-13(2)24-12-15(19)17-4-6-21-8-10-23-11-9-22-7-5-18-16(20)14(3)25/h13-14,25H,4-12H2,1-3H3,(H,17,19)(H,18,20). The Labute approximate surface area is 155 Å². The molecule has 9 heteroatoms. The highest BCUT2D eigenvalue weighted by molar-refractivity contribution is 7.81. The maximum atomic E-state index is 11.3. The van der Waals surface area contributed by atoms with Crippen LogP contribution in [0.1, 0.15) is 20.8 Å². The molecule has 0 radical (unpaired) electrons. The van der Waals surface area contributed by atoms with Crippen LogP contribution in [0.15, 0.2) is 0 Å². The Morgan fingerprint density at radius 1 is 0.840 bits per heavy atom. The lowest BCUT2D eigenvalue weighted by atomic mass is 10.4. The second-order valence-corrected chi connectivity index (χ2v) is 6.29. The van der Waals surface area contributed by atoms with E-state index in [9.17, 15) is 9.59 Å². The molecule has 148 valence electrons. The van der Waals surface area contributed by atoms with Gasteiger partial charge in [-0.05, 0) is 20.8 Å². The first-order chi connectivity index (χ1) is 11.9. The SMILES string of the molecule is CC(C)OCC(=O)NCCOCCOCCOCCNC(=O)C(C)S. The molecule has 0 aromatic rings. The molecule has 0 fully saturated rings. The van der Waals surface area contributed by atoms with Crippen LogP contribution in [0.2, 0.25) is 0 Å². The lowest BCUT2D eigenvalue weighted by molar-refractivity contribution is -0.127. The Morgan fingerprint density at radius 3 is 1.80 bits per heavy atom. The van der Waals surface area contributed by atoms with Crippen LogP contribution in [0.25, 0.3) is 0 Å². The van der Waals surface area contributed by atoms with Gasteiger partial charge in [0, 0.05) is 13.1 Å². The van der Waals surface area contributed by atoms with Crippen molar-refractivity contribution in [1.29, 1.82) is 0 Å². The molecule has 0 saturated carbocycles. The summed E-state index contributed by atoms with van der Waals surface area (Å²) in [5.41, 5.74) is 0. The average Bonchev–Trinajstić information content (AvgIpc) is 2.56. The van der Waals surface area contributed by atoms with Crippen LogP contribution < -0.4 is 10.6 Å². The Kier molecular flexibility index (Phi) is 16.0. The van der Waals surface area contributed by atoms with E-state index in [1.54, 1.807) is 6.92 Å². The summed E-state index contributed by atoms with van der Waals surface area (Å²) in [6.07, 6.45) is 0.0404. The van der Waals surface area contributed by atoms with Crippen LogP contribution in [0.5, 0.6) is 0 Å². The molecular weight excluding hydrogens is 348 g/mol. The fourth-order valence-corrected chi connectivity index (χ4v) is 1.58. The number of rotatable bonds is 16. The van der Waals surface area contributed by atoms with Crippen molar-refractivity contribution in [1.82, 2.24) is 10.6 Å². The molecule has 25 heavy (non-hydrogen) atoms. The number of thiol groups is 1. The molecule has 0 rings (SSSR count). The third-order valence-electron chi connectivity index (χ3n) is 2.79. The van der Waals surface area contributed by atoms with E-state index in [2.05, 4.69) is 23.3 Å². The largest absolute Gasteiger partial charge is 0.377 e. The molecular formula is C16H32N2O6S. The first kappa shape index (κ1) is 24.1. The predicted molar refractivity (Wildman–Crippen MR) is 98.0 cm³/mol. The summed E-state index contributed by atoms with van der Waals surface area (Å²) in [5, 5.41) is 5.08. The summed E-state index contributed by atoms with van der Waals surface area (Å²) in [7, 11) is 0. The zero-order chi connectivity index (χ0) is 18.9. The molecule has 2 amide bonds. The van der Waals surface area contributed by atoms with E-state index in [1.165, 1.54) is 0 Å². The van der Waals surface area contributed by atoms with Crippen LogP contribution in [-0.4, -0.2) is 82.5 Å². The van der Waals surface area contributed by atoms with Crippen LogP contribution in [0, 0.1) is 0 Å². The lowest BCUT2D eigenvalue weighted by Gasteiger charge is -2.09. The van der Waals surface area contributed by atoms with E-state index in [0.717, 1.165) is 0 Å². The third-order valence-corrected chi connectivity index (χ3v) is 3.02. The molecule has 0 aliphatic heterocycles. The van der Waals surface area contributed by atoms with Crippen molar-refractivity contribution < 1.29 is 28.5 Å². The van der Waals surface area contributed by atoms with Gasteiger partial charge in [0.1, 0.15) is 6.61 Å². The van der Waals surface area contributed by atoms with Crippen molar-refractivity contribution in [3.8, 4) is 0 Å². The monoisotopic (exact) mass is 380 g/mol. The number of hydrogen-bond donors (Lipinski definition) is 3. The van der Waals surface area contributed by atoms with E-state index in [-0.39, 0.29) is 29.8 Å². The molecule has 0 bridgehead atoms. The quantitative estimate of drug-likeness (QED) is 0.258. The molecule has 0 aliphatic carbocycles. The second kappa shape index (κ2) is 16.6. The van der Waals surface area contributed by atoms with Crippen molar-refractivity contribution >= 4 is 24.4 Å². The Bertz CT molecular complexity index is 356. The van der Waals surface area contributed by atoms with Gasteiger partial charge in [0.25, 0.3) is 0 Å². The van der Waals surface area contributed by atoms with Gasteiger partial charge in [-0.1, -0.05) is 0 Å². The van der Waals surface area contributed by atoms with Gasteiger partial charge in [-0.25, -0.2) is 0 Å². The highest BCUT2D eigenvalue weighted by Gasteiger charge is 2.05. The number of nitrogens with one attached hydrogen (secondary N) is 2. The van der Waals surface area contributed by atoms with Crippen molar-refractivity contribution in [2.45, 2.75) is 32.1 Å². The predicted octanol–water partition coefficient (Wildman–Crippen LogP) is 0.0119. The smallest absolute Gasteiger partial charge is 0.246 e.